The summed E-state index contributed by atoms with van der Waals surface area (Å²) in [5.41, 5.74) is 6.39. The van der Waals surface area contributed by atoms with Crippen molar-refractivity contribution in [2.24, 2.45) is 0 Å². The number of oxazole rings is 1. The van der Waals surface area contributed by atoms with Crippen LogP contribution in [0.1, 0.15) is 27.5 Å². The second-order valence-electron chi connectivity index (χ2n) is 7.23. The summed E-state index contributed by atoms with van der Waals surface area (Å²) in [6, 6.07) is 11.2. The summed E-state index contributed by atoms with van der Waals surface area (Å²) in [5.74, 6) is 0.717. The number of benzene rings is 2. The van der Waals surface area contributed by atoms with E-state index in [0.29, 0.717) is 28.7 Å². The summed E-state index contributed by atoms with van der Waals surface area (Å²) in [7, 11) is 1.54. The Balaban J connectivity index is 1.51. The molecule has 12 heteroatoms. The average molecular weight is 472 g/mol. The van der Waals surface area contributed by atoms with Gasteiger partial charge in [0.2, 0.25) is 5.89 Å². The van der Waals surface area contributed by atoms with Gasteiger partial charge in [0.25, 0.3) is 5.91 Å². The maximum absolute atomic E-state index is 12.7. The number of halogens is 3. The molecular weight excluding hydrogens is 453 g/mol. The summed E-state index contributed by atoms with van der Waals surface area (Å²) in [5, 5.41) is 10.2. The van der Waals surface area contributed by atoms with Gasteiger partial charge < -0.3 is 20.2 Å². The highest BCUT2D eigenvalue weighted by Crippen LogP contribution is 2.31. The molecule has 1 amide bonds. The molecule has 0 spiro atoms. The Hall–Kier alpha value is -4.35. The Labute approximate surface area is 191 Å². The summed E-state index contributed by atoms with van der Waals surface area (Å²) in [4.78, 5) is 17.0. The van der Waals surface area contributed by atoms with Crippen LogP contribution in [0.4, 0.5) is 24.7 Å². The lowest BCUT2D eigenvalue weighted by molar-refractivity contribution is -0.137. The monoisotopic (exact) mass is 472 g/mol. The van der Waals surface area contributed by atoms with Gasteiger partial charge in [-0.1, -0.05) is 17.3 Å². The molecule has 2 aromatic heterocycles. The van der Waals surface area contributed by atoms with Crippen LogP contribution >= 0.6 is 0 Å². The van der Waals surface area contributed by atoms with Gasteiger partial charge >= 0.3 is 6.18 Å². The van der Waals surface area contributed by atoms with Crippen LogP contribution in [0.3, 0.4) is 0 Å². The predicted octanol–water partition coefficient (Wildman–Crippen LogP) is 4.15. The Kier molecular flexibility index (Phi) is 5.97. The maximum atomic E-state index is 12.7. The van der Waals surface area contributed by atoms with Gasteiger partial charge in [-0.2, -0.15) is 13.2 Å². The van der Waals surface area contributed by atoms with Gasteiger partial charge in [-0.15, -0.1) is 5.10 Å². The first-order valence-electron chi connectivity index (χ1n) is 9.94. The number of nitrogen functional groups attached to an aromatic ring is 1. The first-order valence-corrected chi connectivity index (χ1v) is 9.94. The molecule has 176 valence electrons. The minimum atomic E-state index is -4.47. The van der Waals surface area contributed by atoms with Crippen LogP contribution in [-0.2, 0) is 12.7 Å². The van der Waals surface area contributed by atoms with Crippen molar-refractivity contribution >= 4 is 17.4 Å². The highest BCUT2D eigenvalue weighted by atomic mass is 19.4. The second kappa shape index (κ2) is 8.89. The lowest BCUT2D eigenvalue weighted by Gasteiger charge is -2.08. The van der Waals surface area contributed by atoms with Crippen molar-refractivity contribution < 1.29 is 27.1 Å². The van der Waals surface area contributed by atoms with E-state index in [1.54, 1.807) is 26.2 Å². The van der Waals surface area contributed by atoms with Gasteiger partial charge in [0.15, 0.2) is 11.5 Å². The molecule has 3 N–H and O–H groups in total. The predicted molar refractivity (Wildman–Crippen MR) is 116 cm³/mol. The smallest absolute Gasteiger partial charge is 0.416 e. The molecule has 0 saturated carbocycles. The summed E-state index contributed by atoms with van der Waals surface area (Å²) >= 11 is 0. The third kappa shape index (κ3) is 4.56. The minimum Gasteiger partial charge on any atom is -0.496 e. The molecule has 0 unspecified atom stereocenters. The van der Waals surface area contributed by atoms with Crippen molar-refractivity contribution in [3.8, 4) is 17.2 Å². The van der Waals surface area contributed by atoms with E-state index in [4.69, 9.17) is 14.9 Å². The van der Waals surface area contributed by atoms with E-state index < -0.39 is 17.6 Å². The SMILES string of the molecule is COc1ccccc1-c1nc(Cn2nnc(C(=O)Nc3ccc(C(F)(F)F)cc3)c2N)c(C)o1. The van der Waals surface area contributed by atoms with Crippen molar-refractivity contribution in [1.29, 1.82) is 0 Å². The van der Waals surface area contributed by atoms with E-state index >= 15 is 0 Å². The first-order chi connectivity index (χ1) is 16.2. The third-order valence-corrected chi connectivity index (χ3v) is 4.99. The van der Waals surface area contributed by atoms with E-state index in [1.165, 1.54) is 4.68 Å². The molecule has 2 heterocycles. The molecule has 0 radical (unpaired) electrons. The van der Waals surface area contributed by atoms with Crippen LogP contribution in [0.15, 0.2) is 52.9 Å². The zero-order valence-corrected chi connectivity index (χ0v) is 18.1. The number of alkyl halides is 3. The van der Waals surface area contributed by atoms with Crippen molar-refractivity contribution in [3.05, 3.63) is 71.2 Å². The Morgan fingerprint density at radius 1 is 1.18 bits per heavy atom. The Morgan fingerprint density at radius 2 is 1.88 bits per heavy atom. The lowest BCUT2D eigenvalue weighted by Crippen LogP contribution is -2.15. The minimum absolute atomic E-state index is 0.0364. The summed E-state index contributed by atoms with van der Waals surface area (Å²) < 4.78 is 50.5. The molecule has 0 aliphatic heterocycles. The number of para-hydroxylation sites is 1. The highest BCUT2D eigenvalue weighted by Gasteiger charge is 2.30. The molecule has 34 heavy (non-hydrogen) atoms. The largest absolute Gasteiger partial charge is 0.496 e. The number of aromatic nitrogens is 4. The first kappa shape index (κ1) is 22.8. The second-order valence-corrected chi connectivity index (χ2v) is 7.23. The summed E-state index contributed by atoms with van der Waals surface area (Å²) in [6.07, 6.45) is -4.47. The number of carbonyl (C=O) groups is 1. The van der Waals surface area contributed by atoms with E-state index in [2.05, 4.69) is 20.6 Å². The zero-order valence-electron chi connectivity index (χ0n) is 18.1. The molecule has 0 fully saturated rings. The van der Waals surface area contributed by atoms with Crippen LogP contribution in [-0.4, -0.2) is 33.0 Å². The van der Waals surface area contributed by atoms with E-state index in [1.807, 2.05) is 12.1 Å². The van der Waals surface area contributed by atoms with Gasteiger partial charge in [0, 0.05) is 5.69 Å². The molecule has 9 nitrogen and oxygen atoms in total. The normalized spacial score (nSPS) is 11.4. The van der Waals surface area contributed by atoms with Crippen LogP contribution < -0.4 is 15.8 Å². The number of anilines is 2. The van der Waals surface area contributed by atoms with Gasteiger partial charge in [0.05, 0.1) is 24.8 Å². The Morgan fingerprint density at radius 3 is 2.56 bits per heavy atom. The topological polar surface area (TPSA) is 121 Å². The van der Waals surface area contributed by atoms with E-state index in [9.17, 15) is 18.0 Å². The fourth-order valence-electron chi connectivity index (χ4n) is 3.18. The van der Waals surface area contributed by atoms with Crippen molar-refractivity contribution in [1.82, 2.24) is 20.0 Å². The maximum Gasteiger partial charge on any atom is 0.416 e. The van der Waals surface area contributed by atoms with Crippen LogP contribution in [0.5, 0.6) is 5.75 Å². The number of hydrogen-bond donors (Lipinski definition) is 2. The number of nitrogens with zero attached hydrogens (tertiary/aromatic N) is 4. The fourth-order valence-corrected chi connectivity index (χ4v) is 3.18. The molecule has 0 bridgehead atoms. The van der Waals surface area contributed by atoms with Gasteiger partial charge in [-0.3, -0.25) is 4.79 Å². The van der Waals surface area contributed by atoms with E-state index in [0.717, 1.165) is 24.3 Å². The van der Waals surface area contributed by atoms with Gasteiger partial charge in [-0.05, 0) is 43.3 Å². The van der Waals surface area contributed by atoms with Crippen LogP contribution in [0.25, 0.3) is 11.5 Å². The molecule has 2 aromatic carbocycles. The van der Waals surface area contributed by atoms with Crippen LogP contribution in [0.2, 0.25) is 0 Å². The van der Waals surface area contributed by atoms with Gasteiger partial charge in [0.1, 0.15) is 17.2 Å². The number of nitrogens with two attached hydrogens (primary N) is 1. The molecule has 0 atom stereocenters. The number of methoxy groups -OCH3 is 1. The molecule has 0 saturated heterocycles. The fraction of sp³-hybridized carbons (Fsp3) is 0.182. The summed E-state index contributed by atoms with van der Waals surface area (Å²) in [6.45, 7) is 1.81. The van der Waals surface area contributed by atoms with Crippen molar-refractivity contribution in [2.75, 3.05) is 18.2 Å². The average Bonchev–Trinajstić information content (AvgIpc) is 3.36. The number of rotatable bonds is 6. The number of nitrogens with one attached hydrogen (secondary N) is 1. The zero-order chi connectivity index (χ0) is 24.5. The molecule has 4 aromatic rings. The van der Waals surface area contributed by atoms with Crippen molar-refractivity contribution in [2.45, 2.75) is 19.6 Å². The Bertz CT molecular complexity index is 1330. The van der Waals surface area contributed by atoms with E-state index in [-0.39, 0.29) is 23.7 Å². The molecule has 0 aliphatic carbocycles. The number of aryl methyl sites for hydroxylation is 1. The number of carbonyl (C=O) groups excluding carboxylic acids is 1. The number of hydrogen-bond acceptors (Lipinski definition) is 7. The molecular formula is C22H19F3N6O3. The third-order valence-electron chi connectivity index (χ3n) is 4.99. The van der Waals surface area contributed by atoms with Crippen LogP contribution in [0, 0.1) is 6.92 Å². The number of amides is 1. The van der Waals surface area contributed by atoms with Gasteiger partial charge in [-0.25, -0.2) is 9.67 Å². The van der Waals surface area contributed by atoms with Crippen molar-refractivity contribution in [3.63, 3.8) is 0 Å². The quantitative estimate of drug-likeness (QED) is 0.432. The highest BCUT2D eigenvalue weighted by molar-refractivity contribution is 6.05. The lowest BCUT2D eigenvalue weighted by atomic mass is 10.2. The molecule has 0 aliphatic rings. The number of ether oxygens (including phenoxy) is 1. The molecule has 4 rings (SSSR count). The standard InChI is InChI=1S/C22H19F3N6O3/c1-12-16(28-21(34-12)15-5-3-4-6-17(15)33-2)11-31-19(26)18(29-30-31)20(32)27-14-9-7-13(8-10-14)22(23,24)25/h3-10H,11,26H2,1-2H3,(H,27,32).